The summed E-state index contributed by atoms with van der Waals surface area (Å²) in [7, 11) is 1.58. The maximum absolute atomic E-state index is 15.1. The largest absolute Gasteiger partial charge is 0.382 e. The van der Waals surface area contributed by atoms with Crippen molar-refractivity contribution >= 4 is 46.0 Å². The molecule has 2 aliphatic heterocycles. The summed E-state index contributed by atoms with van der Waals surface area (Å²) in [5, 5.41) is 0.891. The lowest BCUT2D eigenvalue weighted by Crippen LogP contribution is -2.58. The van der Waals surface area contributed by atoms with Crippen molar-refractivity contribution in [2.45, 2.75) is 36.9 Å². The summed E-state index contributed by atoms with van der Waals surface area (Å²) in [6.45, 7) is 9.40. The summed E-state index contributed by atoms with van der Waals surface area (Å²) in [6.07, 6.45) is 1.30. The van der Waals surface area contributed by atoms with Gasteiger partial charge in [-0.2, -0.15) is 4.98 Å². The molecule has 1 fully saturated rings. The van der Waals surface area contributed by atoms with Gasteiger partial charge >= 0.3 is 5.69 Å². The lowest BCUT2D eigenvalue weighted by Gasteiger charge is -2.45. The van der Waals surface area contributed by atoms with E-state index in [0.717, 1.165) is 6.07 Å². The van der Waals surface area contributed by atoms with Gasteiger partial charge in [0.05, 0.1) is 36.4 Å². The van der Waals surface area contributed by atoms with Gasteiger partial charge in [-0.15, -0.1) is 11.8 Å². The second kappa shape index (κ2) is 12.1. The van der Waals surface area contributed by atoms with E-state index in [0.29, 0.717) is 59.2 Å². The van der Waals surface area contributed by atoms with Crippen LogP contribution in [0.25, 0.3) is 22.0 Å². The third-order valence-corrected chi connectivity index (χ3v) is 9.08. The van der Waals surface area contributed by atoms with Crippen LogP contribution in [0.4, 0.5) is 14.6 Å². The zero-order chi connectivity index (χ0) is 29.4. The summed E-state index contributed by atoms with van der Waals surface area (Å²) in [5.74, 6) is -0.695. The summed E-state index contributed by atoms with van der Waals surface area (Å²) in [6, 6.07) is 4.39. The van der Waals surface area contributed by atoms with Crippen molar-refractivity contribution < 1.29 is 23.0 Å². The molecule has 3 aromatic rings. The highest BCUT2D eigenvalue weighted by Crippen LogP contribution is 2.48. The van der Waals surface area contributed by atoms with E-state index in [2.05, 4.69) is 11.6 Å². The molecule has 3 heterocycles. The maximum Gasteiger partial charge on any atom is 0.350 e. The van der Waals surface area contributed by atoms with Crippen molar-refractivity contribution in [2.24, 2.45) is 0 Å². The Bertz CT molecular complexity index is 1570. The number of benzene rings is 2. The van der Waals surface area contributed by atoms with Crippen LogP contribution in [0.15, 0.2) is 46.6 Å². The zero-order valence-electron chi connectivity index (χ0n) is 23.0. The number of thioether (sulfide) groups is 1. The molecule has 0 spiro atoms. The number of carbonyl (C=O) groups is 1. The molecule has 0 N–H and O–H groups in total. The van der Waals surface area contributed by atoms with Gasteiger partial charge in [-0.3, -0.25) is 9.36 Å². The number of nitrogens with zero attached hydrogens (tertiary/aromatic N) is 4. The van der Waals surface area contributed by atoms with Crippen LogP contribution in [0.5, 0.6) is 0 Å². The van der Waals surface area contributed by atoms with Crippen LogP contribution in [0.3, 0.4) is 0 Å². The SMILES string of the molecule is C=CC(=O)N1C[C@H](C)N(c2nc(=O)n3c4c(c(-c5ccc(F)cc5F)c(Cl)cc24)SC[C@@H]3COCCOC)C[C@H]1C. The lowest BCUT2D eigenvalue weighted by molar-refractivity contribution is -0.128. The number of ether oxygens (including phenoxy) is 2. The van der Waals surface area contributed by atoms with Gasteiger partial charge in [-0.1, -0.05) is 18.2 Å². The van der Waals surface area contributed by atoms with Gasteiger partial charge in [0, 0.05) is 65.5 Å². The highest BCUT2D eigenvalue weighted by Gasteiger charge is 2.36. The fraction of sp³-hybridized carbons (Fsp3) is 0.414. The van der Waals surface area contributed by atoms with E-state index >= 15 is 4.39 Å². The van der Waals surface area contributed by atoms with E-state index in [1.807, 2.05) is 18.7 Å². The number of halogens is 3. The Morgan fingerprint density at radius 3 is 2.71 bits per heavy atom. The number of anilines is 1. The van der Waals surface area contributed by atoms with Gasteiger partial charge in [0.1, 0.15) is 17.5 Å². The van der Waals surface area contributed by atoms with Crippen LogP contribution in [-0.4, -0.2) is 78.2 Å². The maximum atomic E-state index is 15.1. The Kier molecular flexibility index (Phi) is 8.70. The summed E-state index contributed by atoms with van der Waals surface area (Å²) in [5.41, 5.74) is 0.649. The minimum absolute atomic E-state index is 0.145. The molecule has 0 radical (unpaired) electrons. The smallest absolute Gasteiger partial charge is 0.350 e. The van der Waals surface area contributed by atoms with Crippen LogP contribution in [0.2, 0.25) is 5.02 Å². The number of aromatic nitrogens is 2. The van der Waals surface area contributed by atoms with Crippen molar-refractivity contribution in [3.05, 3.63) is 64.1 Å². The summed E-state index contributed by atoms with van der Waals surface area (Å²) in [4.78, 5) is 35.1. The van der Waals surface area contributed by atoms with Gasteiger partial charge < -0.3 is 19.3 Å². The van der Waals surface area contributed by atoms with E-state index in [9.17, 15) is 14.0 Å². The van der Waals surface area contributed by atoms with E-state index in [-0.39, 0.29) is 41.2 Å². The van der Waals surface area contributed by atoms with Gasteiger partial charge in [-0.05, 0) is 38.1 Å². The molecule has 0 unspecified atom stereocenters. The van der Waals surface area contributed by atoms with E-state index in [4.69, 9.17) is 21.1 Å². The minimum Gasteiger partial charge on any atom is -0.382 e. The predicted octanol–water partition coefficient (Wildman–Crippen LogP) is 4.92. The molecule has 0 bridgehead atoms. The van der Waals surface area contributed by atoms with Crippen molar-refractivity contribution in [3.8, 4) is 11.1 Å². The van der Waals surface area contributed by atoms with Crippen LogP contribution in [0.1, 0.15) is 19.9 Å². The molecule has 1 aromatic heterocycles. The first-order valence-electron chi connectivity index (χ1n) is 13.3. The number of carbonyl (C=O) groups excluding carboxylic acids is 1. The van der Waals surface area contributed by atoms with Crippen LogP contribution < -0.4 is 10.6 Å². The second-order valence-electron chi connectivity index (χ2n) is 10.2. The van der Waals surface area contributed by atoms with E-state index in [1.165, 1.54) is 30.0 Å². The number of piperazine rings is 1. The number of methoxy groups -OCH3 is 1. The summed E-state index contributed by atoms with van der Waals surface area (Å²) < 4.78 is 41.3. The standard InChI is InChI=1S/C29H31ClF2N4O4S/c1-5-24(37)34-12-17(3)35(13-16(34)2)28-21-11-22(30)25(20-7-6-18(31)10-23(20)32)27-26(21)36(29(38)33-28)19(15-41-27)14-40-9-8-39-4/h5-7,10-11,16-17,19H,1,8-9,12-15H2,2-4H3/t16-,17+,19+/m1/s1. The molecule has 0 saturated carbocycles. The van der Waals surface area contributed by atoms with Crippen LogP contribution in [0, 0.1) is 11.6 Å². The highest BCUT2D eigenvalue weighted by molar-refractivity contribution is 7.99. The molecule has 2 aliphatic rings. The summed E-state index contributed by atoms with van der Waals surface area (Å²) >= 11 is 8.30. The monoisotopic (exact) mass is 604 g/mol. The molecule has 3 atom stereocenters. The average Bonchev–Trinajstić information content (AvgIpc) is 2.94. The molecule has 8 nitrogen and oxygen atoms in total. The molecule has 1 amide bonds. The highest BCUT2D eigenvalue weighted by atomic mass is 35.5. The average molecular weight is 605 g/mol. The Balaban J connectivity index is 1.70. The third kappa shape index (κ3) is 5.48. The third-order valence-electron chi connectivity index (χ3n) is 7.54. The van der Waals surface area contributed by atoms with Gasteiger partial charge in [0.2, 0.25) is 5.91 Å². The van der Waals surface area contributed by atoms with E-state index < -0.39 is 17.3 Å². The lowest BCUT2D eigenvalue weighted by atomic mass is 10.0. The molecule has 41 heavy (non-hydrogen) atoms. The fourth-order valence-corrected chi connectivity index (χ4v) is 7.23. The van der Waals surface area contributed by atoms with Crippen molar-refractivity contribution in [3.63, 3.8) is 0 Å². The molecule has 2 aromatic carbocycles. The number of amides is 1. The number of hydrogen-bond acceptors (Lipinski definition) is 7. The van der Waals surface area contributed by atoms with Crippen LogP contribution >= 0.6 is 23.4 Å². The van der Waals surface area contributed by atoms with Crippen molar-refractivity contribution in [1.29, 1.82) is 0 Å². The van der Waals surface area contributed by atoms with Gasteiger partial charge in [0.15, 0.2) is 0 Å². The molecule has 218 valence electrons. The molecule has 12 heteroatoms. The van der Waals surface area contributed by atoms with Crippen molar-refractivity contribution in [1.82, 2.24) is 14.5 Å². The zero-order valence-corrected chi connectivity index (χ0v) is 24.6. The molecule has 1 saturated heterocycles. The topological polar surface area (TPSA) is 76.9 Å². The molecular weight excluding hydrogens is 574 g/mol. The Labute approximate surface area is 245 Å². The van der Waals surface area contributed by atoms with Gasteiger partial charge in [-0.25, -0.2) is 13.6 Å². The minimum atomic E-state index is -0.748. The molecule has 0 aliphatic carbocycles. The second-order valence-corrected chi connectivity index (χ2v) is 11.7. The number of rotatable bonds is 8. The molecular formula is C29H31ClF2N4O4S. The quantitative estimate of drug-likeness (QED) is 0.267. The van der Waals surface area contributed by atoms with Crippen molar-refractivity contribution in [2.75, 3.05) is 50.7 Å². The Morgan fingerprint density at radius 2 is 2.00 bits per heavy atom. The molecule has 5 rings (SSSR count). The first-order valence-corrected chi connectivity index (χ1v) is 14.7. The number of hydrogen-bond donors (Lipinski definition) is 0. The first kappa shape index (κ1) is 29.5. The van der Waals surface area contributed by atoms with Crippen LogP contribution in [-0.2, 0) is 14.3 Å². The first-order chi connectivity index (χ1) is 19.7. The fourth-order valence-electron chi connectivity index (χ4n) is 5.55. The van der Waals surface area contributed by atoms with Gasteiger partial charge in [0.25, 0.3) is 0 Å². The Hall–Kier alpha value is -2.99. The normalized spacial score (nSPS) is 20.5. The van der Waals surface area contributed by atoms with E-state index in [1.54, 1.807) is 22.6 Å². The predicted molar refractivity (Wildman–Crippen MR) is 157 cm³/mol. The Morgan fingerprint density at radius 1 is 1.22 bits per heavy atom.